The van der Waals surface area contributed by atoms with E-state index >= 15 is 0 Å². The third-order valence-corrected chi connectivity index (χ3v) is 3.09. The molecule has 1 unspecified atom stereocenters. The summed E-state index contributed by atoms with van der Waals surface area (Å²) < 4.78 is 0. The predicted octanol–water partition coefficient (Wildman–Crippen LogP) is 2.51. The van der Waals surface area contributed by atoms with Gasteiger partial charge in [-0.3, -0.25) is 0 Å². The number of fused-ring (bicyclic) bond motifs is 1. The maximum atomic E-state index is 11.1. The number of anilines is 1. The molecule has 3 N–H and O–H groups in total. The molecule has 0 aliphatic heterocycles. The smallest absolute Gasteiger partial charge is 0.354 e. The first kappa shape index (κ1) is 14.3. The fraction of sp³-hybridized carbons (Fsp3) is 0.333. The zero-order valence-electron chi connectivity index (χ0n) is 11.3. The standard InChI is InChI=1S/C15H18N2O3/c1-2-5-10(18)9-16-13-8-14(15(19)20)17-12-7-4-3-6-11(12)13/h3-4,6-8,10,18H,2,5,9H2,1H3,(H,16,17)(H,19,20). The SMILES string of the molecule is CCCC(O)CNc1cc(C(=O)O)nc2ccccc12. The van der Waals surface area contributed by atoms with Gasteiger partial charge in [-0.2, -0.15) is 0 Å². The number of carboxylic acid groups (broad SMARTS) is 1. The molecule has 1 aromatic carbocycles. The van der Waals surface area contributed by atoms with E-state index in [1.54, 1.807) is 6.07 Å². The number of hydrogen-bond donors (Lipinski definition) is 3. The van der Waals surface area contributed by atoms with Crippen LogP contribution in [0.3, 0.4) is 0 Å². The molecule has 0 amide bonds. The van der Waals surface area contributed by atoms with E-state index in [2.05, 4.69) is 10.3 Å². The molecule has 0 aliphatic carbocycles. The van der Waals surface area contributed by atoms with Crippen molar-refractivity contribution >= 4 is 22.6 Å². The van der Waals surface area contributed by atoms with Gasteiger partial charge in [0, 0.05) is 17.6 Å². The Morgan fingerprint density at radius 1 is 1.40 bits per heavy atom. The first-order valence-electron chi connectivity index (χ1n) is 6.67. The third-order valence-electron chi connectivity index (χ3n) is 3.09. The minimum absolute atomic E-state index is 0.00354. The number of pyridine rings is 1. The topological polar surface area (TPSA) is 82.5 Å². The molecule has 0 saturated carbocycles. The van der Waals surface area contributed by atoms with Crippen LogP contribution < -0.4 is 5.32 Å². The van der Waals surface area contributed by atoms with Gasteiger partial charge in [-0.25, -0.2) is 9.78 Å². The summed E-state index contributed by atoms with van der Waals surface area (Å²) in [5.74, 6) is -1.06. The molecule has 0 spiro atoms. The highest BCUT2D eigenvalue weighted by Gasteiger charge is 2.11. The summed E-state index contributed by atoms with van der Waals surface area (Å²) in [5, 5.41) is 22.8. The maximum absolute atomic E-state index is 11.1. The number of benzene rings is 1. The first-order valence-corrected chi connectivity index (χ1v) is 6.67. The number of carbonyl (C=O) groups is 1. The highest BCUT2D eigenvalue weighted by atomic mass is 16.4. The van der Waals surface area contributed by atoms with Gasteiger partial charge in [-0.1, -0.05) is 31.5 Å². The summed E-state index contributed by atoms with van der Waals surface area (Å²) in [6.07, 6.45) is 1.17. The Kier molecular flexibility index (Phi) is 4.53. The Balaban J connectivity index is 2.32. The van der Waals surface area contributed by atoms with Crippen LogP contribution in [0.25, 0.3) is 10.9 Å². The van der Waals surface area contributed by atoms with Gasteiger partial charge in [0.25, 0.3) is 0 Å². The molecule has 0 aliphatic rings. The summed E-state index contributed by atoms with van der Waals surface area (Å²) >= 11 is 0. The molecule has 1 heterocycles. The number of para-hydroxylation sites is 1. The van der Waals surface area contributed by atoms with Gasteiger partial charge < -0.3 is 15.5 Å². The number of aliphatic hydroxyl groups is 1. The Hall–Kier alpha value is -2.14. The molecular weight excluding hydrogens is 256 g/mol. The van der Waals surface area contributed by atoms with Crippen LogP contribution in [0, 0.1) is 0 Å². The van der Waals surface area contributed by atoms with Gasteiger partial charge in [0.15, 0.2) is 5.69 Å². The van der Waals surface area contributed by atoms with Crippen LogP contribution in [0.1, 0.15) is 30.3 Å². The van der Waals surface area contributed by atoms with Crippen LogP contribution >= 0.6 is 0 Å². The number of nitrogens with one attached hydrogen (secondary N) is 1. The summed E-state index contributed by atoms with van der Waals surface area (Å²) in [6, 6.07) is 8.84. The fourth-order valence-electron chi connectivity index (χ4n) is 2.09. The Morgan fingerprint density at radius 2 is 2.15 bits per heavy atom. The Bertz CT molecular complexity index is 613. The van der Waals surface area contributed by atoms with Crippen molar-refractivity contribution in [2.45, 2.75) is 25.9 Å². The van der Waals surface area contributed by atoms with Crippen molar-refractivity contribution in [3.05, 3.63) is 36.0 Å². The number of hydrogen-bond acceptors (Lipinski definition) is 4. The maximum Gasteiger partial charge on any atom is 0.354 e. The number of aliphatic hydroxyl groups excluding tert-OH is 1. The lowest BCUT2D eigenvalue weighted by Gasteiger charge is -2.14. The van der Waals surface area contributed by atoms with E-state index < -0.39 is 12.1 Å². The summed E-state index contributed by atoms with van der Waals surface area (Å²) in [4.78, 5) is 15.2. The van der Waals surface area contributed by atoms with Crippen molar-refractivity contribution in [2.75, 3.05) is 11.9 Å². The van der Waals surface area contributed by atoms with Crippen molar-refractivity contribution in [2.24, 2.45) is 0 Å². The van der Waals surface area contributed by atoms with E-state index in [0.29, 0.717) is 24.2 Å². The van der Waals surface area contributed by atoms with E-state index in [1.807, 2.05) is 25.1 Å². The summed E-state index contributed by atoms with van der Waals surface area (Å²) in [6.45, 7) is 2.40. The largest absolute Gasteiger partial charge is 0.477 e. The normalized spacial score (nSPS) is 12.3. The Morgan fingerprint density at radius 3 is 2.85 bits per heavy atom. The highest BCUT2D eigenvalue weighted by Crippen LogP contribution is 2.23. The van der Waals surface area contributed by atoms with E-state index in [-0.39, 0.29) is 5.69 Å². The molecule has 5 heteroatoms. The minimum Gasteiger partial charge on any atom is -0.477 e. The van der Waals surface area contributed by atoms with Gasteiger partial charge in [0.05, 0.1) is 11.6 Å². The second-order valence-electron chi connectivity index (χ2n) is 4.70. The highest BCUT2D eigenvalue weighted by molar-refractivity contribution is 5.97. The Labute approximate surface area is 117 Å². The van der Waals surface area contributed by atoms with Crippen molar-refractivity contribution in [3.8, 4) is 0 Å². The summed E-state index contributed by atoms with van der Waals surface area (Å²) in [5.41, 5.74) is 1.30. The van der Waals surface area contributed by atoms with Gasteiger partial charge in [0.1, 0.15) is 0 Å². The second-order valence-corrected chi connectivity index (χ2v) is 4.70. The van der Waals surface area contributed by atoms with Gasteiger partial charge in [-0.15, -0.1) is 0 Å². The molecule has 0 saturated heterocycles. The van der Waals surface area contributed by atoms with Crippen molar-refractivity contribution < 1.29 is 15.0 Å². The molecule has 1 aromatic heterocycles. The lowest BCUT2D eigenvalue weighted by Crippen LogP contribution is -2.19. The third kappa shape index (κ3) is 3.24. The van der Waals surface area contributed by atoms with E-state index in [0.717, 1.165) is 11.8 Å². The van der Waals surface area contributed by atoms with Crippen LogP contribution in [-0.2, 0) is 0 Å². The van der Waals surface area contributed by atoms with Crippen LogP contribution in [0.2, 0.25) is 0 Å². The predicted molar refractivity (Wildman–Crippen MR) is 78.1 cm³/mol. The van der Waals surface area contributed by atoms with Crippen LogP contribution in [0.4, 0.5) is 5.69 Å². The van der Waals surface area contributed by atoms with E-state index in [9.17, 15) is 9.90 Å². The van der Waals surface area contributed by atoms with Crippen molar-refractivity contribution in [1.29, 1.82) is 0 Å². The number of nitrogens with zero attached hydrogens (tertiary/aromatic N) is 1. The number of aromatic nitrogens is 1. The van der Waals surface area contributed by atoms with Crippen molar-refractivity contribution in [3.63, 3.8) is 0 Å². The fourth-order valence-corrected chi connectivity index (χ4v) is 2.09. The quantitative estimate of drug-likeness (QED) is 0.754. The minimum atomic E-state index is -1.06. The zero-order valence-corrected chi connectivity index (χ0v) is 11.3. The van der Waals surface area contributed by atoms with E-state index in [4.69, 9.17) is 5.11 Å². The molecule has 106 valence electrons. The molecule has 2 aromatic rings. The van der Waals surface area contributed by atoms with Crippen LogP contribution in [0.5, 0.6) is 0 Å². The molecule has 2 rings (SSSR count). The number of aromatic carboxylic acids is 1. The molecule has 0 radical (unpaired) electrons. The van der Waals surface area contributed by atoms with Crippen molar-refractivity contribution in [1.82, 2.24) is 4.98 Å². The average molecular weight is 274 g/mol. The molecule has 20 heavy (non-hydrogen) atoms. The lowest BCUT2D eigenvalue weighted by molar-refractivity contribution is 0.0691. The molecule has 5 nitrogen and oxygen atoms in total. The number of carboxylic acids is 1. The molecular formula is C15H18N2O3. The second kappa shape index (κ2) is 6.34. The first-order chi connectivity index (χ1) is 9.61. The molecule has 0 bridgehead atoms. The van der Waals surface area contributed by atoms with Gasteiger partial charge in [0.2, 0.25) is 0 Å². The van der Waals surface area contributed by atoms with Crippen LogP contribution in [0.15, 0.2) is 30.3 Å². The molecule has 1 atom stereocenters. The van der Waals surface area contributed by atoms with Crippen LogP contribution in [-0.4, -0.2) is 33.8 Å². The number of rotatable bonds is 6. The lowest BCUT2D eigenvalue weighted by atomic mass is 10.1. The zero-order chi connectivity index (χ0) is 14.5. The van der Waals surface area contributed by atoms with Gasteiger partial charge in [-0.05, 0) is 18.6 Å². The van der Waals surface area contributed by atoms with E-state index in [1.165, 1.54) is 6.07 Å². The monoisotopic (exact) mass is 274 g/mol. The molecule has 0 fully saturated rings. The van der Waals surface area contributed by atoms with Gasteiger partial charge >= 0.3 is 5.97 Å². The average Bonchev–Trinajstić information content (AvgIpc) is 2.44. The summed E-state index contributed by atoms with van der Waals surface area (Å²) in [7, 11) is 0.